The molecule has 1 atom stereocenters. The Morgan fingerprint density at radius 2 is 1.87 bits per heavy atom. The minimum atomic E-state index is 0.100. The SMILES string of the molecule is COCC(CCCN)N(CCO)CCO. The lowest BCUT2D eigenvalue weighted by Crippen LogP contribution is -2.42. The molecule has 0 radical (unpaired) electrons. The van der Waals surface area contributed by atoms with E-state index in [1.165, 1.54) is 0 Å². The highest BCUT2D eigenvalue weighted by atomic mass is 16.5. The first-order valence-corrected chi connectivity index (χ1v) is 5.44. The topological polar surface area (TPSA) is 79.0 Å². The molecule has 15 heavy (non-hydrogen) atoms. The zero-order valence-electron chi connectivity index (χ0n) is 9.56. The number of nitrogens with zero attached hydrogens (tertiary/aromatic N) is 1. The molecule has 0 aliphatic heterocycles. The maximum absolute atomic E-state index is 8.92. The Kier molecular flexibility index (Phi) is 10.2. The largest absolute Gasteiger partial charge is 0.395 e. The van der Waals surface area contributed by atoms with E-state index in [9.17, 15) is 0 Å². The van der Waals surface area contributed by atoms with Gasteiger partial charge in [0.05, 0.1) is 19.8 Å². The lowest BCUT2D eigenvalue weighted by atomic mass is 10.1. The van der Waals surface area contributed by atoms with Crippen LogP contribution in [0.3, 0.4) is 0 Å². The zero-order chi connectivity index (χ0) is 11.5. The molecule has 5 nitrogen and oxygen atoms in total. The predicted octanol–water partition coefficient (Wildman–Crippen LogP) is -0.973. The van der Waals surface area contributed by atoms with E-state index in [0.717, 1.165) is 12.8 Å². The van der Waals surface area contributed by atoms with Crippen molar-refractivity contribution >= 4 is 0 Å². The molecule has 0 bridgehead atoms. The number of hydrogen-bond donors (Lipinski definition) is 3. The number of ether oxygens (including phenoxy) is 1. The summed E-state index contributed by atoms with van der Waals surface area (Å²) in [6, 6.07) is 0.234. The van der Waals surface area contributed by atoms with E-state index in [4.69, 9.17) is 20.7 Å². The summed E-state index contributed by atoms with van der Waals surface area (Å²) in [6.45, 7) is 2.61. The van der Waals surface area contributed by atoms with Crippen LogP contribution in [0.15, 0.2) is 0 Å². The Hall–Kier alpha value is -0.200. The van der Waals surface area contributed by atoms with E-state index in [1.807, 2.05) is 4.90 Å². The molecule has 0 saturated carbocycles. The maximum Gasteiger partial charge on any atom is 0.0618 e. The van der Waals surface area contributed by atoms with Crippen LogP contribution in [0.2, 0.25) is 0 Å². The Morgan fingerprint density at radius 1 is 1.27 bits per heavy atom. The van der Waals surface area contributed by atoms with Gasteiger partial charge >= 0.3 is 0 Å². The molecule has 0 amide bonds. The van der Waals surface area contributed by atoms with Crippen molar-refractivity contribution in [1.29, 1.82) is 0 Å². The van der Waals surface area contributed by atoms with Crippen LogP contribution in [0.25, 0.3) is 0 Å². The van der Waals surface area contributed by atoms with Crippen LogP contribution in [0.1, 0.15) is 12.8 Å². The van der Waals surface area contributed by atoms with Gasteiger partial charge in [0.1, 0.15) is 0 Å². The van der Waals surface area contributed by atoms with Gasteiger partial charge in [-0.3, -0.25) is 4.90 Å². The van der Waals surface area contributed by atoms with Crippen LogP contribution in [0.4, 0.5) is 0 Å². The molecule has 0 aromatic rings. The van der Waals surface area contributed by atoms with Crippen LogP contribution >= 0.6 is 0 Å². The van der Waals surface area contributed by atoms with Gasteiger partial charge in [0.2, 0.25) is 0 Å². The summed E-state index contributed by atoms with van der Waals surface area (Å²) >= 11 is 0. The molecule has 0 aliphatic rings. The van der Waals surface area contributed by atoms with Gasteiger partial charge in [-0.1, -0.05) is 0 Å². The van der Waals surface area contributed by atoms with Gasteiger partial charge in [0.25, 0.3) is 0 Å². The summed E-state index contributed by atoms with van der Waals surface area (Å²) in [5.41, 5.74) is 5.46. The molecule has 0 aromatic carbocycles. The first-order chi connectivity index (χ1) is 7.29. The van der Waals surface area contributed by atoms with Crippen molar-refractivity contribution in [2.75, 3.05) is 46.6 Å². The van der Waals surface area contributed by atoms with E-state index in [0.29, 0.717) is 26.2 Å². The van der Waals surface area contributed by atoms with Gasteiger partial charge in [-0.15, -0.1) is 0 Å². The fourth-order valence-corrected chi connectivity index (χ4v) is 1.65. The van der Waals surface area contributed by atoms with Crippen molar-refractivity contribution in [3.05, 3.63) is 0 Å². The van der Waals surface area contributed by atoms with E-state index in [2.05, 4.69) is 0 Å². The Morgan fingerprint density at radius 3 is 2.27 bits per heavy atom. The molecule has 5 heteroatoms. The third kappa shape index (κ3) is 6.81. The van der Waals surface area contributed by atoms with Crippen molar-refractivity contribution in [2.45, 2.75) is 18.9 Å². The van der Waals surface area contributed by atoms with Gasteiger partial charge in [-0.05, 0) is 19.4 Å². The summed E-state index contributed by atoms with van der Waals surface area (Å²) in [7, 11) is 1.66. The van der Waals surface area contributed by atoms with Crippen molar-refractivity contribution in [1.82, 2.24) is 4.90 Å². The average Bonchev–Trinajstić information content (AvgIpc) is 2.24. The Bertz CT molecular complexity index is 130. The minimum absolute atomic E-state index is 0.100. The maximum atomic E-state index is 8.92. The smallest absolute Gasteiger partial charge is 0.0618 e. The van der Waals surface area contributed by atoms with E-state index < -0.39 is 0 Å². The summed E-state index contributed by atoms with van der Waals surface area (Å²) in [5, 5.41) is 17.8. The fourth-order valence-electron chi connectivity index (χ4n) is 1.65. The highest BCUT2D eigenvalue weighted by molar-refractivity contribution is 4.71. The molecule has 0 aromatic heterocycles. The molecule has 0 spiro atoms. The van der Waals surface area contributed by atoms with Crippen molar-refractivity contribution < 1.29 is 14.9 Å². The predicted molar refractivity (Wildman–Crippen MR) is 59.7 cm³/mol. The quantitative estimate of drug-likeness (QED) is 0.441. The number of aliphatic hydroxyl groups is 2. The Balaban J connectivity index is 4.09. The summed E-state index contributed by atoms with van der Waals surface area (Å²) in [5.74, 6) is 0. The second-order valence-electron chi connectivity index (χ2n) is 3.52. The lowest BCUT2D eigenvalue weighted by Gasteiger charge is -2.30. The van der Waals surface area contributed by atoms with Gasteiger partial charge in [0.15, 0.2) is 0 Å². The second-order valence-corrected chi connectivity index (χ2v) is 3.52. The zero-order valence-corrected chi connectivity index (χ0v) is 9.56. The van der Waals surface area contributed by atoms with Crippen LogP contribution in [-0.2, 0) is 4.74 Å². The average molecular weight is 220 g/mol. The Labute approximate surface area is 91.8 Å². The first kappa shape index (κ1) is 14.8. The first-order valence-electron chi connectivity index (χ1n) is 5.44. The van der Waals surface area contributed by atoms with E-state index >= 15 is 0 Å². The molecular formula is C10H24N2O3. The summed E-state index contributed by atoms with van der Waals surface area (Å²) in [6.07, 6.45) is 1.87. The second kappa shape index (κ2) is 10.3. The van der Waals surface area contributed by atoms with Crippen LogP contribution < -0.4 is 5.73 Å². The van der Waals surface area contributed by atoms with E-state index in [-0.39, 0.29) is 19.3 Å². The fraction of sp³-hybridized carbons (Fsp3) is 1.00. The number of hydrogen-bond acceptors (Lipinski definition) is 5. The molecule has 0 fully saturated rings. The van der Waals surface area contributed by atoms with E-state index in [1.54, 1.807) is 7.11 Å². The van der Waals surface area contributed by atoms with Gasteiger partial charge < -0.3 is 20.7 Å². The highest BCUT2D eigenvalue weighted by Gasteiger charge is 2.16. The molecule has 4 N–H and O–H groups in total. The molecular weight excluding hydrogens is 196 g/mol. The van der Waals surface area contributed by atoms with Crippen molar-refractivity contribution in [3.63, 3.8) is 0 Å². The van der Waals surface area contributed by atoms with Gasteiger partial charge in [-0.2, -0.15) is 0 Å². The van der Waals surface area contributed by atoms with Gasteiger partial charge in [0, 0.05) is 26.2 Å². The molecule has 0 heterocycles. The number of nitrogens with two attached hydrogens (primary N) is 1. The molecule has 92 valence electrons. The molecule has 0 aliphatic carbocycles. The molecule has 0 saturated heterocycles. The van der Waals surface area contributed by atoms with Crippen molar-refractivity contribution in [3.8, 4) is 0 Å². The third-order valence-electron chi connectivity index (χ3n) is 2.39. The standard InChI is InChI=1S/C10H24N2O3/c1-15-9-10(3-2-4-11)12(5-7-13)6-8-14/h10,13-14H,2-9,11H2,1H3. The van der Waals surface area contributed by atoms with Crippen molar-refractivity contribution in [2.24, 2.45) is 5.73 Å². The normalized spacial score (nSPS) is 13.4. The third-order valence-corrected chi connectivity index (χ3v) is 2.39. The molecule has 0 rings (SSSR count). The molecule has 1 unspecified atom stereocenters. The van der Waals surface area contributed by atoms with Crippen LogP contribution in [-0.4, -0.2) is 67.7 Å². The van der Waals surface area contributed by atoms with Crippen LogP contribution in [0.5, 0.6) is 0 Å². The minimum Gasteiger partial charge on any atom is -0.395 e. The van der Waals surface area contributed by atoms with Gasteiger partial charge in [-0.25, -0.2) is 0 Å². The number of aliphatic hydroxyl groups excluding tert-OH is 2. The summed E-state index contributed by atoms with van der Waals surface area (Å²) < 4.78 is 5.13. The summed E-state index contributed by atoms with van der Waals surface area (Å²) in [4.78, 5) is 2.04. The number of methoxy groups -OCH3 is 1. The highest BCUT2D eigenvalue weighted by Crippen LogP contribution is 2.06. The van der Waals surface area contributed by atoms with Crippen LogP contribution in [0, 0.1) is 0 Å². The monoisotopic (exact) mass is 220 g/mol. The lowest BCUT2D eigenvalue weighted by molar-refractivity contribution is 0.0594. The number of rotatable bonds is 10.